The summed E-state index contributed by atoms with van der Waals surface area (Å²) in [5.41, 5.74) is 0. The third-order valence-electron chi connectivity index (χ3n) is 5.86. The van der Waals surface area contributed by atoms with Crippen LogP contribution in [0, 0.1) is 17.8 Å². The number of amides is 3. The Morgan fingerprint density at radius 1 is 0.852 bits per heavy atom. The highest BCUT2D eigenvalue weighted by Gasteiger charge is 2.54. The number of carbonyl (C=O) groups excluding carboxylic acids is 2. The van der Waals surface area contributed by atoms with Crippen LogP contribution in [-0.4, -0.2) is 83.2 Å². The Morgan fingerprint density at radius 2 is 1.41 bits per heavy atom. The summed E-state index contributed by atoms with van der Waals surface area (Å²) in [6.45, 7) is 1.24. The summed E-state index contributed by atoms with van der Waals surface area (Å²) in [5.74, 6) is -6.07. The lowest BCUT2D eigenvalue weighted by atomic mass is 9.95. The molecular weight excluding hydrogens is 367 g/mol. The highest BCUT2D eigenvalue weighted by atomic mass is 19.4. The van der Waals surface area contributed by atoms with Crippen LogP contribution < -0.4 is 0 Å². The van der Waals surface area contributed by atoms with Crippen LogP contribution in [0.5, 0.6) is 0 Å². The molecule has 0 aliphatic carbocycles. The van der Waals surface area contributed by atoms with Crippen molar-refractivity contribution in [2.24, 2.45) is 17.8 Å². The van der Waals surface area contributed by atoms with Crippen molar-refractivity contribution < 1.29 is 32.7 Å². The number of alkyl halides is 3. The number of nitrogens with zero attached hydrogens (tertiary/aromatic N) is 3. The quantitative estimate of drug-likeness (QED) is 0.776. The number of urea groups is 1. The SMILES string of the molecule is O=C(O)[C@@H]1CN(C(=O)C2CCN(C(=O)N3CCCC3)CC2)C[C@H]1C(F)(F)F. The second-order valence-electron chi connectivity index (χ2n) is 7.57. The Labute approximate surface area is 155 Å². The van der Waals surface area contributed by atoms with E-state index in [9.17, 15) is 27.6 Å². The number of carbonyl (C=O) groups is 3. The maximum absolute atomic E-state index is 13.1. The molecule has 0 spiro atoms. The highest BCUT2D eigenvalue weighted by Crippen LogP contribution is 2.38. The number of carboxylic acids is 1. The average molecular weight is 391 g/mol. The monoisotopic (exact) mass is 391 g/mol. The molecule has 0 aromatic carbocycles. The van der Waals surface area contributed by atoms with Crippen LogP contribution in [0.3, 0.4) is 0 Å². The van der Waals surface area contributed by atoms with Gasteiger partial charge in [-0.05, 0) is 25.7 Å². The van der Waals surface area contributed by atoms with Crippen molar-refractivity contribution in [3.05, 3.63) is 0 Å². The number of hydrogen-bond donors (Lipinski definition) is 1. The molecule has 152 valence electrons. The Bertz CT molecular complexity index is 599. The summed E-state index contributed by atoms with van der Waals surface area (Å²) in [5, 5.41) is 9.07. The minimum atomic E-state index is -4.65. The number of rotatable bonds is 2. The summed E-state index contributed by atoms with van der Waals surface area (Å²) in [6, 6.07) is -0.0392. The number of aliphatic carboxylic acids is 1. The Morgan fingerprint density at radius 3 is 1.89 bits per heavy atom. The molecular formula is C17H24F3N3O4. The van der Waals surface area contributed by atoms with Gasteiger partial charge in [0.25, 0.3) is 0 Å². The fraction of sp³-hybridized carbons (Fsp3) is 0.824. The smallest absolute Gasteiger partial charge is 0.394 e. The maximum Gasteiger partial charge on any atom is 0.394 e. The fourth-order valence-corrected chi connectivity index (χ4v) is 4.25. The Kier molecular flexibility index (Phi) is 5.53. The molecule has 3 saturated heterocycles. The second kappa shape index (κ2) is 7.55. The minimum Gasteiger partial charge on any atom is -0.481 e. The van der Waals surface area contributed by atoms with Crippen molar-refractivity contribution >= 4 is 17.9 Å². The zero-order chi connectivity index (χ0) is 19.8. The van der Waals surface area contributed by atoms with E-state index in [0.717, 1.165) is 30.8 Å². The van der Waals surface area contributed by atoms with Crippen molar-refractivity contribution in [1.82, 2.24) is 14.7 Å². The summed E-state index contributed by atoms with van der Waals surface area (Å²) < 4.78 is 39.3. The lowest BCUT2D eigenvalue weighted by molar-refractivity contribution is -0.188. The first-order valence-electron chi connectivity index (χ1n) is 9.30. The molecule has 0 bridgehead atoms. The number of carboxylic acid groups (broad SMARTS) is 1. The molecule has 0 aromatic heterocycles. The van der Waals surface area contributed by atoms with Gasteiger partial charge in [0.1, 0.15) is 0 Å². The average Bonchev–Trinajstić information content (AvgIpc) is 3.30. The number of likely N-dealkylation sites (tertiary alicyclic amines) is 3. The van der Waals surface area contributed by atoms with Crippen LogP contribution >= 0.6 is 0 Å². The summed E-state index contributed by atoms with van der Waals surface area (Å²) in [6.07, 6.45) is -1.89. The van der Waals surface area contributed by atoms with Gasteiger partial charge in [0.05, 0.1) is 11.8 Å². The van der Waals surface area contributed by atoms with E-state index in [0.29, 0.717) is 25.9 Å². The predicted molar refractivity (Wildman–Crippen MR) is 87.8 cm³/mol. The lowest BCUT2D eigenvalue weighted by Crippen LogP contribution is -2.48. The van der Waals surface area contributed by atoms with Crippen molar-refractivity contribution in [1.29, 1.82) is 0 Å². The van der Waals surface area contributed by atoms with E-state index in [4.69, 9.17) is 5.11 Å². The molecule has 3 aliphatic rings. The van der Waals surface area contributed by atoms with Gasteiger partial charge in [0.15, 0.2) is 0 Å². The van der Waals surface area contributed by atoms with E-state index in [1.54, 1.807) is 9.80 Å². The van der Waals surface area contributed by atoms with Gasteiger partial charge < -0.3 is 19.8 Å². The van der Waals surface area contributed by atoms with Crippen LogP contribution in [0.15, 0.2) is 0 Å². The minimum absolute atomic E-state index is 0.0392. The molecule has 1 N–H and O–H groups in total. The molecule has 0 radical (unpaired) electrons. The predicted octanol–water partition coefficient (Wildman–Crippen LogP) is 1.64. The summed E-state index contributed by atoms with van der Waals surface area (Å²) in [7, 11) is 0. The molecule has 7 nitrogen and oxygen atoms in total. The van der Waals surface area contributed by atoms with Gasteiger partial charge in [-0.25, -0.2) is 4.79 Å². The van der Waals surface area contributed by atoms with Crippen molar-refractivity contribution in [2.45, 2.75) is 31.9 Å². The topological polar surface area (TPSA) is 81.2 Å². The van der Waals surface area contributed by atoms with E-state index in [1.807, 2.05) is 0 Å². The molecule has 3 aliphatic heterocycles. The van der Waals surface area contributed by atoms with Gasteiger partial charge in [-0.15, -0.1) is 0 Å². The lowest BCUT2D eigenvalue weighted by Gasteiger charge is -2.35. The van der Waals surface area contributed by atoms with Crippen molar-refractivity contribution in [3.63, 3.8) is 0 Å². The number of piperidine rings is 1. The van der Waals surface area contributed by atoms with Crippen LogP contribution in [0.2, 0.25) is 0 Å². The first kappa shape index (κ1) is 19.8. The molecule has 3 fully saturated rings. The van der Waals surface area contributed by atoms with Crippen molar-refractivity contribution in [3.8, 4) is 0 Å². The molecule has 27 heavy (non-hydrogen) atoms. The Hall–Kier alpha value is -2.00. The molecule has 0 aromatic rings. The van der Waals surface area contributed by atoms with Gasteiger partial charge in [0, 0.05) is 45.2 Å². The van der Waals surface area contributed by atoms with E-state index in [2.05, 4.69) is 0 Å². The highest BCUT2D eigenvalue weighted by molar-refractivity contribution is 5.82. The van der Waals surface area contributed by atoms with Crippen LogP contribution in [-0.2, 0) is 9.59 Å². The van der Waals surface area contributed by atoms with Crippen LogP contribution in [0.1, 0.15) is 25.7 Å². The molecule has 3 rings (SSSR count). The maximum atomic E-state index is 13.1. The van der Waals surface area contributed by atoms with Crippen molar-refractivity contribution in [2.75, 3.05) is 39.3 Å². The van der Waals surface area contributed by atoms with Gasteiger partial charge in [-0.3, -0.25) is 9.59 Å². The van der Waals surface area contributed by atoms with E-state index < -0.39 is 48.9 Å². The molecule has 10 heteroatoms. The fourth-order valence-electron chi connectivity index (χ4n) is 4.25. The van der Waals surface area contributed by atoms with Gasteiger partial charge in [0.2, 0.25) is 5.91 Å². The number of halogens is 3. The Balaban J connectivity index is 1.56. The number of hydrogen-bond acceptors (Lipinski definition) is 3. The molecule has 0 saturated carbocycles. The molecule has 0 unspecified atom stereocenters. The van der Waals surface area contributed by atoms with Gasteiger partial charge >= 0.3 is 18.2 Å². The van der Waals surface area contributed by atoms with Gasteiger partial charge in [-0.1, -0.05) is 0 Å². The third-order valence-corrected chi connectivity index (χ3v) is 5.86. The zero-order valence-corrected chi connectivity index (χ0v) is 15.0. The van der Waals surface area contributed by atoms with E-state index in [1.165, 1.54) is 0 Å². The van der Waals surface area contributed by atoms with Crippen LogP contribution in [0.4, 0.5) is 18.0 Å². The molecule has 3 amide bonds. The third kappa shape index (κ3) is 4.14. The normalized spacial score (nSPS) is 27.3. The summed E-state index contributed by atoms with van der Waals surface area (Å²) >= 11 is 0. The van der Waals surface area contributed by atoms with E-state index in [-0.39, 0.29) is 6.03 Å². The second-order valence-corrected chi connectivity index (χ2v) is 7.57. The first-order chi connectivity index (χ1) is 12.7. The van der Waals surface area contributed by atoms with E-state index >= 15 is 0 Å². The standard InChI is InChI=1S/C17H24F3N3O4/c18-17(19,20)13-10-23(9-12(13)15(25)26)14(24)11-3-7-22(8-4-11)16(27)21-5-1-2-6-21/h11-13H,1-10H2,(H,25,26)/t12-,13-/m1/s1. The largest absolute Gasteiger partial charge is 0.481 e. The van der Waals surface area contributed by atoms with Crippen LogP contribution in [0.25, 0.3) is 0 Å². The van der Waals surface area contributed by atoms with Gasteiger partial charge in [-0.2, -0.15) is 13.2 Å². The first-order valence-corrected chi connectivity index (χ1v) is 9.30. The zero-order valence-electron chi connectivity index (χ0n) is 15.0. The molecule has 2 atom stereocenters. The summed E-state index contributed by atoms with van der Waals surface area (Å²) in [4.78, 5) is 40.7. The molecule has 3 heterocycles.